The van der Waals surface area contributed by atoms with Crippen LogP contribution in [0.3, 0.4) is 0 Å². The first-order chi connectivity index (χ1) is 9.41. The lowest BCUT2D eigenvalue weighted by atomic mass is 10.1. The number of fused-ring (bicyclic) bond motifs is 1. The monoisotopic (exact) mass is 275 g/mol. The van der Waals surface area contributed by atoms with Crippen LogP contribution >= 0.6 is 0 Å². The van der Waals surface area contributed by atoms with Gasteiger partial charge in [0.25, 0.3) is 5.91 Å². The summed E-state index contributed by atoms with van der Waals surface area (Å²) in [5.74, 6) is -0.146. The molecule has 0 aliphatic heterocycles. The molecule has 0 bridgehead atoms. The van der Waals surface area contributed by atoms with Crippen LogP contribution in [0.5, 0.6) is 0 Å². The van der Waals surface area contributed by atoms with Gasteiger partial charge < -0.3 is 20.8 Å². The molecule has 0 saturated carbocycles. The number of nitrogen functional groups attached to an aromatic ring is 1. The second kappa shape index (κ2) is 5.54. The average Bonchev–Trinajstić information content (AvgIpc) is 2.79. The predicted molar refractivity (Wildman–Crippen MR) is 80.7 cm³/mol. The molecule has 5 heteroatoms. The Bertz CT molecular complexity index is 617. The zero-order chi connectivity index (χ0) is 14.8. The number of hydrogen-bond donors (Lipinski definition) is 3. The van der Waals surface area contributed by atoms with Gasteiger partial charge in [0.15, 0.2) is 0 Å². The molecule has 1 heterocycles. The number of carbonyl (C=O) groups excluding carboxylic acids is 1. The van der Waals surface area contributed by atoms with Crippen LogP contribution in [-0.4, -0.2) is 29.6 Å². The first kappa shape index (κ1) is 14.4. The van der Waals surface area contributed by atoms with Gasteiger partial charge in [0.2, 0.25) is 0 Å². The van der Waals surface area contributed by atoms with Crippen molar-refractivity contribution < 1.29 is 9.53 Å². The second-order valence-corrected chi connectivity index (χ2v) is 5.41. The molecule has 0 fully saturated rings. The van der Waals surface area contributed by atoms with E-state index in [9.17, 15) is 4.79 Å². The smallest absolute Gasteiger partial charge is 0.267 e. The lowest BCUT2D eigenvalue weighted by molar-refractivity contribution is -0.00817. The summed E-state index contributed by atoms with van der Waals surface area (Å²) in [6.07, 6.45) is 0. The number of rotatable bonds is 5. The Balaban J connectivity index is 2.08. The van der Waals surface area contributed by atoms with Crippen molar-refractivity contribution in [3.8, 4) is 0 Å². The van der Waals surface area contributed by atoms with Crippen LogP contribution in [0.25, 0.3) is 10.9 Å². The molecule has 20 heavy (non-hydrogen) atoms. The summed E-state index contributed by atoms with van der Waals surface area (Å²) >= 11 is 0. The van der Waals surface area contributed by atoms with E-state index < -0.39 is 0 Å². The fourth-order valence-electron chi connectivity index (χ4n) is 2.10. The van der Waals surface area contributed by atoms with E-state index >= 15 is 0 Å². The Labute approximate surface area is 118 Å². The van der Waals surface area contributed by atoms with Crippen LogP contribution in [0.15, 0.2) is 24.3 Å². The van der Waals surface area contributed by atoms with Gasteiger partial charge in [0, 0.05) is 29.7 Å². The molecular formula is C15H21N3O2. The number of benzene rings is 1. The highest BCUT2D eigenvalue weighted by Gasteiger charge is 2.19. The summed E-state index contributed by atoms with van der Waals surface area (Å²) in [4.78, 5) is 15.2. The van der Waals surface area contributed by atoms with Gasteiger partial charge in [-0.05, 0) is 45.0 Å². The first-order valence-electron chi connectivity index (χ1n) is 6.72. The van der Waals surface area contributed by atoms with Crippen molar-refractivity contribution in [2.75, 3.05) is 18.9 Å². The van der Waals surface area contributed by atoms with Crippen LogP contribution in [0, 0.1) is 0 Å². The summed E-state index contributed by atoms with van der Waals surface area (Å²) in [5.41, 5.74) is 7.46. The third-order valence-corrected chi connectivity index (χ3v) is 3.10. The molecule has 0 radical (unpaired) electrons. The Morgan fingerprint density at radius 1 is 1.40 bits per heavy atom. The van der Waals surface area contributed by atoms with Gasteiger partial charge in [0.1, 0.15) is 5.69 Å². The fraction of sp³-hybridized carbons (Fsp3) is 0.400. The molecule has 1 amide bonds. The first-order valence-corrected chi connectivity index (χ1v) is 6.72. The van der Waals surface area contributed by atoms with E-state index in [1.165, 1.54) is 0 Å². The fourth-order valence-corrected chi connectivity index (χ4v) is 2.10. The molecule has 0 aliphatic rings. The second-order valence-electron chi connectivity index (χ2n) is 5.41. The van der Waals surface area contributed by atoms with E-state index in [0.29, 0.717) is 24.5 Å². The lowest BCUT2D eigenvalue weighted by Gasteiger charge is -2.24. The summed E-state index contributed by atoms with van der Waals surface area (Å²) in [6, 6.07) is 7.31. The number of nitrogens with one attached hydrogen (secondary N) is 2. The van der Waals surface area contributed by atoms with Crippen molar-refractivity contribution >= 4 is 22.5 Å². The molecule has 108 valence electrons. The van der Waals surface area contributed by atoms with Crippen molar-refractivity contribution in [1.82, 2.24) is 10.3 Å². The van der Waals surface area contributed by atoms with Crippen molar-refractivity contribution in [3.63, 3.8) is 0 Å². The lowest BCUT2D eigenvalue weighted by Crippen LogP contribution is -2.40. The van der Waals surface area contributed by atoms with Gasteiger partial charge in [-0.3, -0.25) is 4.79 Å². The molecule has 5 nitrogen and oxygen atoms in total. The molecule has 2 aromatic rings. The van der Waals surface area contributed by atoms with Crippen LogP contribution in [0.4, 0.5) is 5.69 Å². The Hall–Kier alpha value is -2.01. The molecule has 0 saturated heterocycles. The van der Waals surface area contributed by atoms with Crippen molar-refractivity contribution in [3.05, 3.63) is 30.0 Å². The highest BCUT2D eigenvalue weighted by Crippen LogP contribution is 2.18. The topological polar surface area (TPSA) is 80.1 Å². The summed E-state index contributed by atoms with van der Waals surface area (Å²) in [5, 5.41) is 3.80. The van der Waals surface area contributed by atoms with E-state index in [4.69, 9.17) is 10.5 Å². The standard InChI is InChI=1S/C15H21N3O2/c1-4-20-15(2,3)9-17-14(19)13-8-10-7-11(16)5-6-12(10)18-13/h5-8,18H,4,9,16H2,1-3H3,(H,17,19). The Morgan fingerprint density at radius 2 is 2.15 bits per heavy atom. The number of H-pyrrole nitrogens is 1. The zero-order valence-corrected chi connectivity index (χ0v) is 12.1. The summed E-state index contributed by atoms with van der Waals surface area (Å²) in [6.45, 7) is 6.91. The number of nitrogens with two attached hydrogens (primary N) is 1. The number of ether oxygens (including phenoxy) is 1. The number of carbonyl (C=O) groups is 1. The normalized spacial score (nSPS) is 11.8. The van der Waals surface area contributed by atoms with Gasteiger partial charge in [-0.15, -0.1) is 0 Å². The van der Waals surface area contributed by atoms with Gasteiger partial charge in [-0.25, -0.2) is 0 Å². The SMILES string of the molecule is CCOC(C)(C)CNC(=O)c1cc2cc(N)ccc2[nH]1. The van der Waals surface area contributed by atoms with Crippen molar-refractivity contribution in [2.45, 2.75) is 26.4 Å². The van der Waals surface area contributed by atoms with Crippen molar-refractivity contribution in [2.24, 2.45) is 0 Å². The zero-order valence-electron chi connectivity index (χ0n) is 12.1. The largest absolute Gasteiger partial charge is 0.399 e. The van der Waals surface area contributed by atoms with E-state index in [1.54, 1.807) is 12.1 Å². The third-order valence-electron chi connectivity index (χ3n) is 3.10. The maximum absolute atomic E-state index is 12.1. The Kier molecular flexibility index (Phi) is 3.99. The van der Waals surface area contributed by atoms with Crippen LogP contribution < -0.4 is 11.1 Å². The van der Waals surface area contributed by atoms with E-state index in [-0.39, 0.29) is 11.5 Å². The van der Waals surface area contributed by atoms with Gasteiger partial charge in [0.05, 0.1) is 5.60 Å². The summed E-state index contributed by atoms with van der Waals surface area (Å²) < 4.78 is 5.55. The highest BCUT2D eigenvalue weighted by molar-refractivity contribution is 5.98. The minimum absolute atomic E-state index is 0.146. The minimum atomic E-state index is -0.374. The molecular weight excluding hydrogens is 254 g/mol. The molecule has 2 rings (SSSR count). The van der Waals surface area contributed by atoms with Gasteiger partial charge >= 0.3 is 0 Å². The van der Waals surface area contributed by atoms with Crippen molar-refractivity contribution in [1.29, 1.82) is 0 Å². The van der Waals surface area contributed by atoms with E-state index in [0.717, 1.165) is 10.9 Å². The van der Waals surface area contributed by atoms with Gasteiger partial charge in [-0.1, -0.05) is 0 Å². The molecule has 1 aromatic heterocycles. The molecule has 0 unspecified atom stereocenters. The number of anilines is 1. The number of aromatic nitrogens is 1. The molecule has 4 N–H and O–H groups in total. The molecule has 0 spiro atoms. The van der Waals surface area contributed by atoms with Crippen LogP contribution in [0.2, 0.25) is 0 Å². The summed E-state index contributed by atoms with van der Waals surface area (Å²) in [7, 11) is 0. The predicted octanol–water partition coefficient (Wildman–Crippen LogP) is 2.29. The quantitative estimate of drug-likeness (QED) is 0.732. The Morgan fingerprint density at radius 3 is 2.85 bits per heavy atom. The van der Waals surface area contributed by atoms with Crippen LogP contribution in [0.1, 0.15) is 31.3 Å². The number of amides is 1. The van der Waals surface area contributed by atoms with Gasteiger partial charge in [-0.2, -0.15) is 0 Å². The highest BCUT2D eigenvalue weighted by atomic mass is 16.5. The van der Waals surface area contributed by atoms with E-state index in [2.05, 4.69) is 10.3 Å². The maximum atomic E-state index is 12.1. The minimum Gasteiger partial charge on any atom is -0.399 e. The molecule has 1 aromatic carbocycles. The third kappa shape index (κ3) is 3.30. The number of hydrogen-bond acceptors (Lipinski definition) is 3. The number of aromatic amines is 1. The molecule has 0 aliphatic carbocycles. The maximum Gasteiger partial charge on any atom is 0.267 e. The van der Waals surface area contributed by atoms with E-state index in [1.807, 2.05) is 32.9 Å². The molecule has 0 atom stereocenters. The average molecular weight is 275 g/mol. The van der Waals surface area contributed by atoms with Crippen LogP contribution in [-0.2, 0) is 4.74 Å².